The van der Waals surface area contributed by atoms with E-state index < -0.39 is 0 Å². The number of ether oxygens (including phenoxy) is 1. The van der Waals surface area contributed by atoms with E-state index >= 15 is 0 Å². The van der Waals surface area contributed by atoms with Crippen LogP contribution in [0.25, 0.3) is 0 Å². The summed E-state index contributed by atoms with van der Waals surface area (Å²) >= 11 is 0. The normalized spacial score (nSPS) is 10.4. The molecule has 3 heteroatoms. The maximum Gasteiger partial charge on any atom is 0.251 e. The topological polar surface area (TPSA) is 38.3 Å². The molecule has 3 nitrogen and oxygen atoms in total. The van der Waals surface area contributed by atoms with Gasteiger partial charge >= 0.3 is 0 Å². The lowest BCUT2D eigenvalue weighted by Crippen LogP contribution is -2.28. The first-order valence-corrected chi connectivity index (χ1v) is 7.79. The number of hydrogen-bond acceptors (Lipinski definition) is 2. The second-order valence-electron chi connectivity index (χ2n) is 5.10. The smallest absolute Gasteiger partial charge is 0.251 e. The van der Waals surface area contributed by atoms with Gasteiger partial charge in [0.05, 0.1) is 6.61 Å². The third-order valence-corrected chi connectivity index (χ3v) is 3.52. The average molecular weight is 297 g/mol. The van der Waals surface area contributed by atoms with Crippen molar-refractivity contribution in [2.45, 2.75) is 19.8 Å². The fourth-order valence-electron chi connectivity index (χ4n) is 2.36. The highest BCUT2D eigenvalue weighted by Crippen LogP contribution is 2.12. The van der Waals surface area contributed by atoms with Gasteiger partial charge in [-0.1, -0.05) is 48.5 Å². The van der Waals surface area contributed by atoms with Crippen LogP contribution in [0.5, 0.6) is 0 Å². The van der Waals surface area contributed by atoms with E-state index in [4.69, 9.17) is 4.74 Å². The van der Waals surface area contributed by atoms with Crippen LogP contribution in [-0.2, 0) is 17.6 Å². The zero-order valence-electron chi connectivity index (χ0n) is 13.0. The summed E-state index contributed by atoms with van der Waals surface area (Å²) < 4.78 is 5.24. The molecule has 0 saturated heterocycles. The Morgan fingerprint density at radius 3 is 2.50 bits per heavy atom. The number of amides is 1. The Labute approximate surface area is 132 Å². The number of hydrogen-bond donors (Lipinski definition) is 1. The minimum Gasteiger partial charge on any atom is -0.380 e. The maximum absolute atomic E-state index is 12.3. The molecule has 0 aliphatic heterocycles. The van der Waals surface area contributed by atoms with Crippen molar-refractivity contribution < 1.29 is 9.53 Å². The molecule has 22 heavy (non-hydrogen) atoms. The van der Waals surface area contributed by atoms with Crippen LogP contribution in [0.1, 0.15) is 28.4 Å². The van der Waals surface area contributed by atoms with Crippen molar-refractivity contribution in [3.8, 4) is 0 Å². The first kappa shape index (κ1) is 16.2. The van der Waals surface area contributed by atoms with Crippen LogP contribution in [0, 0.1) is 0 Å². The predicted molar refractivity (Wildman–Crippen MR) is 89.1 cm³/mol. The Bertz CT molecular complexity index is 581. The minimum absolute atomic E-state index is 0.0247. The summed E-state index contributed by atoms with van der Waals surface area (Å²) in [6.45, 7) is 3.71. The molecular weight excluding hydrogens is 274 g/mol. The second kappa shape index (κ2) is 9.00. The molecular formula is C19H23NO2. The fourth-order valence-corrected chi connectivity index (χ4v) is 2.36. The van der Waals surface area contributed by atoms with Crippen LogP contribution in [0.4, 0.5) is 0 Å². The summed E-state index contributed by atoms with van der Waals surface area (Å²) in [7, 11) is 0. The van der Waals surface area contributed by atoms with Crippen molar-refractivity contribution in [2.75, 3.05) is 19.8 Å². The molecule has 0 heterocycles. The van der Waals surface area contributed by atoms with E-state index in [1.54, 1.807) is 0 Å². The molecule has 0 fully saturated rings. The Morgan fingerprint density at radius 2 is 1.73 bits per heavy atom. The summed E-state index contributed by atoms with van der Waals surface area (Å²) in [5, 5.41) is 2.91. The zero-order chi connectivity index (χ0) is 15.6. The van der Waals surface area contributed by atoms with E-state index in [1.807, 2.05) is 49.4 Å². The van der Waals surface area contributed by atoms with Crippen molar-refractivity contribution in [1.82, 2.24) is 5.32 Å². The van der Waals surface area contributed by atoms with E-state index in [0.29, 0.717) is 19.8 Å². The molecule has 0 aliphatic carbocycles. The van der Waals surface area contributed by atoms with Crippen molar-refractivity contribution in [3.63, 3.8) is 0 Å². The standard InChI is InChI=1S/C19H23NO2/c1-2-22-15-14-20-19(21)18-11-7-6-10-17(18)13-12-16-8-4-3-5-9-16/h3-11H,2,12-15H2,1H3,(H,20,21). The minimum atomic E-state index is -0.0247. The zero-order valence-corrected chi connectivity index (χ0v) is 13.0. The number of rotatable bonds is 8. The van der Waals surface area contributed by atoms with Gasteiger partial charge in [-0.25, -0.2) is 0 Å². The SMILES string of the molecule is CCOCCNC(=O)c1ccccc1CCc1ccccc1. The van der Waals surface area contributed by atoms with Crippen molar-refractivity contribution in [3.05, 3.63) is 71.3 Å². The van der Waals surface area contributed by atoms with E-state index in [-0.39, 0.29) is 5.91 Å². The van der Waals surface area contributed by atoms with Gasteiger partial charge in [0, 0.05) is 18.7 Å². The number of carbonyl (C=O) groups is 1. The van der Waals surface area contributed by atoms with Crippen molar-refractivity contribution in [1.29, 1.82) is 0 Å². The highest BCUT2D eigenvalue weighted by Gasteiger charge is 2.10. The van der Waals surface area contributed by atoms with Gasteiger partial charge in [-0.15, -0.1) is 0 Å². The Kier molecular flexibility index (Phi) is 6.65. The van der Waals surface area contributed by atoms with Crippen molar-refractivity contribution >= 4 is 5.91 Å². The largest absolute Gasteiger partial charge is 0.380 e. The Morgan fingerprint density at radius 1 is 1.00 bits per heavy atom. The Balaban J connectivity index is 1.95. The van der Waals surface area contributed by atoms with E-state index in [1.165, 1.54) is 5.56 Å². The van der Waals surface area contributed by atoms with Gasteiger partial charge < -0.3 is 10.1 Å². The summed E-state index contributed by atoms with van der Waals surface area (Å²) in [6, 6.07) is 18.1. The average Bonchev–Trinajstić information content (AvgIpc) is 2.58. The van der Waals surface area contributed by atoms with Crippen LogP contribution in [-0.4, -0.2) is 25.7 Å². The third kappa shape index (κ3) is 5.01. The van der Waals surface area contributed by atoms with Crippen LogP contribution < -0.4 is 5.32 Å². The molecule has 1 amide bonds. The lowest BCUT2D eigenvalue weighted by molar-refractivity contribution is 0.0921. The first-order chi connectivity index (χ1) is 10.8. The number of carbonyl (C=O) groups excluding carboxylic acids is 1. The molecule has 116 valence electrons. The van der Waals surface area contributed by atoms with E-state index in [9.17, 15) is 4.79 Å². The molecule has 2 aromatic carbocycles. The second-order valence-corrected chi connectivity index (χ2v) is 5.10. The van der Waals surface area contributed by atoms with Gasteiger partial charge in [-0.05, 0) is 37.0 Å². The lowest BCUT2D eigenvalue weighted by Gasteiger charge is -2.10. The number of nitrogens with one attached hydrogen (secondary N) is 1. The van der Waals surface area contributed by atoms with Gasteiger partial charge in [0.2, 0.25) is 0 Å². The molecule has 0 unspecified atom stereocenters. The van der Waals surface area contributed by atoms with Crippen LogP contribution in [0.2, 0.25) is 0 Å². The maximum atomic E-state index is 12.3. The highest BCUT2D eigenvalue weighted by atomic mass is 16.5. The summed E-state index contributed by atoms with van der Waals surface area (Å²) in [5.74, 6) is -0.0247. The molecule has 2 aromatic rings. The summed E-state index contributed by atoms with van der Waals surface area (Å²) in [4.78, 5) is 12.3. The van der Waals surface area contributed by atoms with Gasteiger partial charge in [0.15, 0.2) is 0 Å². The van der Waals surface area contributed by atoms with Gasteiger partial charge in [0.1, 0.15) is 0 Å². The quantitative estimate of drug-likeness (QED) is 0.760. The monoisotopic (exact) mass is 297 g/mol. The molecule has 0 aromatic heterocycles. The molecule has 0 atom stereocenters. The fraction of sp³-hybridized carbons (Fsp3) is 0.316. The number of aryl methyl sites for hydroxylation is 2. The third-order valence-electron chi connectivity index (χ3n) is 3.52. The van der Waals surface area contributed by atoms with Gasteiger partial charge in [0.25, 0.3) is 5.91 Å². The van der Waals surface area contributed by atoms with Crippen LogP contribution in [0.3, 0.4) is 0 Å². The number of benzene rings is 2. The molecule has 1 N–H and O–H groups in total. The molecule has 0 spiro atoms. The van der Waals surface area contributed by atoms with E-state index in [0.717, 1.165) is 24.0 Å². The van der Waals surface area contributed by atoms with E-state index in [2.05, 4.69) is 17.4 Å². The van der Waals surface area contributed by atoms with Gasteiger partial charge in [-0.2, -0.15) is 0 Å². The predicted octanol–water partition coefficient (Wildman–Crippen LogP) is 3.24. The van der Waals surface area contributed by atoms with Gasteiger partial charge in [-0.3, -0.25) is 4.79 Å². The lowest BCUT2D eigenvalue weighted by atomic mass is 9.99. The van der Waals surface area contributed by atoms with Crippen LogP contribution >= 0.6 is 0 Å². The first-order valence-electron chi connectivity index (χ1n) is 7.79. The molecule has 0 aliphatic rings. The molecule has 0 bridgehead atoms. The molecule has 0 radical (unpaired) electrons. The summed E-state index contributed by atoms with van der Waals surface area (Å²) in [6.07, 6.45) is 1.79. The molecule has 2 rings (SSSR count). The van der Waals surface area contributed by atoms with Crippen LogP contribution in [0.15, 0.2) is 54.6 Å². The van der Waals surface area contributed by atoms with Crippen molar-refractivity contribution in [2.24, 2.45) is 0 Å². The molecule has 0 saturated carbocycles. The highest BCUT2D eigenvalue weighted by molar-refractivity contribution is 5.95. The summed E-state index contributed by atoms with van der Waals surface area (Å²) in [5.41, 5.74) is 3.13. The Hall–Kier alpha value is -2.13.